The zero-order valence-corrected chi connectivity index (χ0v) is 16.1. The molecule has 140 valence electrons. The summed E-state index contributed by atoms with van der Waals surface area (Å²) >= 11 is 0. The summed E-state index contributed by atoms with van der Waals surface area (Å²) in [5.41, 5.74) is 0. The van der Waals surface area contributed by atoms with Gasteiger partial charge >= 0.3 is 8.17 Å². The molecule has 0 amide bonds. The summed E-state index contributed by atoms with van der Waals surface area (Å²) in [6.45, 7) is 1.45. The van der Waals surface area contributed by atoms with Gasteiger partial charge in [-0.1, -0.05) is 44.9 Å². The fourth-order valence-corrected chi connectivity index (χ4v) is 2.85. The highest BCUT2D eigenvalue weighted by Gasteiger charge is 2.27. The van der Waals surface area contributed by atoms with Crippen LogP contribution < -0.4 is 4.89 Å². The predicted molar refractivity (Wildman–Crippen MR) is 92.6 cm³/mol. The summed E-state index contributed by atoms with van der Waals surface area (Å²) in [4.78, 5) is 21.2. The lowest BCUT2D eigenvalue weighted by atomic mass is 10.1. The van der Waals surface area contributed by atoms with Crippen LogP contribution >= 0.6 is 8.17 Å². The summed E-state index contributed by atoms with van der Waals surface area (Å²) in [6.07, 6.45) is 9.78. The molecular weight excluding hydrogens is 317 g/mol. The molecule has 0 radical (unpaired) electrons. The van der Waals surface area contributed by atoms with Crippen molar-refractivity contribution >= 4 is 8.17 Å². The Morgan fingerprint density at radius 1 is 0.783 bits per heavy atom. The van der Waals surface area contributed by atoms with Gasteiger partial charge in [0.2, 0.25) is 0 Å². The van der Waals surface area contributed by atoms with Crippen LogP contribution in [0.2, 0.25) is 0 Å². The number of rotatable bonds is 16. The summed E-state index contributed by atoms with van der Waals surface area (Å²) in [5, 5.41) is 8.67. The van der Waals surface area contributed by atoms with E-state index >= 15 is 0 Å². The van der Waals surface area contributed by atoms with Gasteiger partial charge in [-0.25, -0.2) is 0 Å². The highest BCUT2D eigenvalue weighted by Crippen LogP contribution is 2.47. The molecule has 0 aromatic heterocycles. The number of hydrogen-bond donors (Lipinski definition) is 2. The molecule has 0 aliphatic heterocycles. The van der Waals surface area contributed by atoms with Gasteiger partial charge in [-0.3, -0.25) is 0 Å². The third-order valence-electron chi connectivity index (χ3n) is 3.57. The molecular formula is C16H37NO5P+. The second-order valence-corrected chi connectivity index (χ2v) is 8.51. The van der Waals surface area contributed by atoms with Crippen LogP contribution in [0, 0.1) is 0 Å². The molecule has 0 bridgehead atoms. The molecule has 0 aromatic rings. The molecule has 0 heterocycles. The molecule has 0 saturated carbocycles. The first-order valence-electron chi connectivity index (χ1n) is 8.80. The van der Waals surface area contributed by atoms with E-state index in [1.807, 2.05) is 21.1 Å². The first kappa shape index (κ1) is 23.2. The first-order chi connectivity index (χ1) is 10.8. The van der Waals surface area contributed by atoms with Crippen molar-refractivity contribution < 1.29 is 28.4 Å². The Bertz CT molecular complexity index is 272. The van der Waals surface area contributed by atoms with Crippen LogP contribution in [0.3, 0.4) is 0 Å². The molecule has 0 aliphatic carbocycles. The van der Waals surface area contributed by atoms with Crippen LogP contribution in [0.25, 0.3) is 0 Å². The van der Waals surface area contributed by atoms with Gasteiger partial charge in [0.05, 0.1) is 27.7 Å². The number of hydrogen-bond acceptors (Lipinski definition) is 5. The van der Waals surface area contributed by atoms with E-state index in [0.29, 0.717) is 17.6 Å². The topological polar surface area (TPSA) is 82.0 Å². The Balaban J connectivity index is 3.38. The Morgan fingerprint density at radius 3 is 1.70 bits per heavy atom. The number of aliphatic hydroxyl groups excluding tert-OH is 1. The van der Waals surface area contributed by atoms with Gasteiger partial charge in [0.15, 0.2) is 0 Å². The number of phosphoric acid groups is 1. The zero-order valence-electron chi connectivity index (χ0n) is 15.2. The number of likely N-dealkylation sites (N-methyl/N-ethyl adjacent to an activating group) is 1. The summed E-state index contributed by atoms with van der Waals surface area (Å²) in [5.74, 6) is 0. The summed E-state index contributed by atoms with van der Waals surface area (Å²) in [7, 11) is 2.11. The molecule has 0 saturated heterocycles. The summed E-state index contributed by atoms with van der Waals surface area (Å²) in [6, 6.07) is 0. The highest BCUT2D eigenvalue weighted by atomic mass is 31.2. The van der Waals surface area contributed by atoms with Crippen LogP contribution in [-0.2, 0) is 9.05 Å². The predicted octanol–water partition coefficient (Wildman–Crippen LogP) is 2.26. The van der Waals surface area contributed by atoms with Gasteiger partial charge in [0, 0.05) is 6.61 Å². The third kappa shape index (κ3) is 18.4. The molecule has 0 aromatic carbocycles. The molecule has 0 aliphatic rings. The maximum absolute atomic E-state index is 11.6. The van der Waals surface area contributed by atoms with E-state index in [0.717, 1.165) is 32.1 Å². The molecule has 0 fully saturated rings. The normalized spacial score (nSPS) is 14.9. The van der Waals surface area contributed by atoms with Crippen molar-refractivity contribution in [2.24, 2.45) is 0 Å². The van der Waals surface area contributed by atoms with Crippen molar-refractivity contribution in [2.45, 2.75) is 57.8 Å². The van der Waals surface area contributed by atoms with Gasteiger partial charge in [-0.2, -0.15) is 13.9 Å². The lowest BCUT2D eigenvalue weighted by Gasteiger charge is -2.25. The van der Waals surface area contributed by atoms with Gasteiger partial charge in [-0.05, 0) is 12.8 Å². The maximum Gasteiger partial charge on any atom is 0.377 e. The monoisotopic (exact) mass is 354 g/mol. The minimum Gasteiger partial charge on any atom is -0.606 e. The van der Waals surface area contributed by atoms with E-state index in [-0.39, 0.29) is 13.2 Å². The molecule has 6 nitrogen and oxygen atoms in total. The number of quaternary nitrogens is 1. The standard InChI is InChI=1S/C16H36NO5P/c1-17(2,3)13-16-22-23(19,20)21-15-12-10-8-6-4-5-7-9-11-14-18/h18H,4-16H2,1-3H3/p+1. The lowest BCUT2D eigenvalue weighted by molar-refractivity contribution is -0.870. The molecule has 0 spiro atoms. The van der Waals surface area contributed by atoms with Gasteiger partial charge in [-0.15, -0.1) is 0 Å². The lowest BCUT2D eigenvalue weighted by Crippen LogP contribution is -2.38. The largest absolute Gasteiger partial charge is 0.606 e. The van der Waals surface area contributed by atoms with Crippen LogP contribution in [-0.4, -0.2) is 62.0 Å². The van der Waals surface area contributed by atoms with Crippen molar-refractivity contribution in [2.75, 3.05) is 47.5 Å². The van der Waals surface area contributed by atoms with Crippen molar-refractivity contribution in [1.82, 2.24) is 0 Å². The van der Waals surface area contributed by atoms with Crippen molar-refractivity contribution in [1.29, 1.82) is 0 Å². The van der Waals surface area contributed by atoms with E-state index < -0.39 is 8.17 Å². The maximum atomic E-state index is 11.6. The minimum absolute atomic E-state index is 0.216. The van der Waals surface area contributed by atoms with E-state index in [1.54, 1.807) is 0 Å². The Labute approximate surface area is 142 Å². The first-order valence-corrected chi connectivity index (χ1v) is 10.3. The van der Waals surface area contributed by atoms with E-state index in [2.05, 4.69) is 0 Å². The molecule has 23 heavy (non-hydrogen) atoms. The molecule has 1 unspecified atom stereocenters. The molecule has 1 atom stereocenters. The van der Waals surface area contributed by atoms with Gasteiger partial charge in [0.1, 0.15) is 13.2 Å². The average Bonchev–Trinajstić information content (AvgIpc) is 2.43. The van der Waals surface area contributed by atoms with Crippen LogP contribution in [0.4, 0.5) is 0 Å². The SMILES string of the molecule is C[N+](C)(C)CCO[P+]([O-])(O)OCCCCCCCCCCCO. The van der Waals surface area contributed by atoms with Crippen LogP contribution in [0.5, 0.6) is 0 Å². The zero-order chi connectivity index (χ0) is 17.6. The Kier molecular flexibility index (Phi) is 13.6. The van der Waals surface area contributed by atoms with Crippen molar-refractivity contribution in [3.8, 4) is 0 Å². The van der Waals surface area contributed by atoms with Crippen LogP contribution in [0.1, 0.15) is 57.8 Å². The number of phosphoric ester groups is 1. The van der Waals surface area contributed by atoms with E-state index in [9.17, 15) is 9.79 Å². The van der Waals surface area contributed by atoms with Crippen molar-refractivity contribution in [3.63, 3.8) is 0 Å². The average molecular weight is 354 g/mol. The second-order valence-electron chi connectivity index (χ2n) is 7.05. The number of unbranched alkanes of at least 4 members (excludes halogenated alkanes) is 8. The minimum atomic E-state index is -3.89. The Morgan fingerprint density at radius 2 is 1.22 bits per heavy atom. The molecule has 0 rings (SSSR count). The fraction of sp³-hybridized carbons (Fsp3) is 1.00. The van der Waals surface area contributed by atoms with E-state index in [4.69, 9.17) is 14.2 Å². The molecule has 7 heteroatoms. The van der Waals surface area contributed by atoms with Crippen LogP contribution in [0.15, 0.2) is 0 Å². The third-order valence-corrected chi connectivity index (χ3v) is 4.59. The summed E-state index contributed by atoms with van der Waals surface area (Å²) < 4.78 is 10.6. The Hall–Kier alpha value is 0.190. The van der Waals surface area contributed by atoms with E-state index in [1.165, 1.54) is 25.7 Å². The van der Waals surface area contributed by atoms with Crippen molar-refractivity contribution in [3.05, 3.63) is 0 Å². The highest BCUT2D eigenvalue weighted by molar-refractivity contribution is 7.52. The number of nitrogens with zero attached hydrogens (tertiary/aromatic N) is 1. The van der Waals surface area contributed by atoms with Gasteiger partial charge < -0.3 is 14.5 Å². The van der Waals surface area contributed by atoms with Gasteiger partial charge in [0.25, 0.3) is 0 Å². The second kappa shape index (κ2) is 13.5. The quantitative estimate of drug-likeness (QED) is 0.252. The smallest absolute Gasteiger partial charge is 0.377 e. The number of aliphatic hydroxyl groups is 1. The fourth-order valence-electron chi connectivity index (χ4n) is 2.10. The molecule has 2 N–H and O–H groups in total.